The Labute approximate surface area is 195 Å². The van der Waals surface area contributed by atoms with E-state index in [4.69, 9.17) is 27.9 Å². The highest BCUT2D eigenvalue weighted by molar-refractivity contribution is 8.10. The Morgan fingerprint density at radius 2 is 1.23 bits per heavy atom. The number of alkyl halides is 1. The first kappa shape index (κ1) is 22.7. The summed E-state index contributed by atoms with van der Waals surface area (Å²) >= 11 is 12.5. The first-order valence-electron chi connectivity index (χ1n) is 10.5. The number of halogens is 1. The minimum absolute atomic E-state index is 0.104. The monoisotopic (exact) mass is 470 g/mol. The molecule has 0 aromatic heterocycles. The zero-order valence-electron chi connectivity index (χ0n) is 17.8. The van der Waals surface area contributed by atoms with Crippen LogP contribution in [0.15, 0.2) is 91.0 Å². The fourth-order valence-corrected chi connectivity index (χ4v) is 7.97. The third-order valence-corrected chi connectivity index (χ3v) is 10.6. The van der Waals surface area contributed by atoms with E-state index in [1.165, 1.54) is 11.1 Å². The van der Waals surface area contributed by atoms with E-state index < -0.39 is 6.57 Å². The molecule has 0 radical (unpaired) electrons. The number of likely N-dealkylation sites (N-methyl/N-ethyl adjacent to an activating group) is 2. The van der Waals surface area contributed by atoms with E-state index in [1.807, 2.05) is 18.2 Å². The molecule has 1 fully saturated rings. The van der Waals surface area contributed by atoms with Crippen molar-refractivity contribution in [3.63, 3.8) is 0 Å². The van der Waals surface area contributed by atoms with Gasteiger partial charge in [-0.3, -0.25) is 0 Å². The summed E-state index contributed by atoms with van der Waals surface area (Å²) in [6.07, 6.45) is 0.581. The van der Waals surface area contributed by atoms with E-state index in [9.17, 15) is 0 Å². The third-order valence-electron chi connectivity index (χ3n) is 5.99. The van der Waals surface area contributed by atoms with Crippen LogP contribution in [0.1, 0.15) is 41.3 Å². The molecular formula is C25H28ClN2OPS. The van der Waals surface area contributed by atoms with Gasteiger partial charge in [0.05, 0.1) is 18.2 Å². The van der Waals surface area contributed by atoms with Crippen LogP contribution in [0.5, 0.6) is 0 Å². The second-order valence-electron chi connectivity index (χ2n) is 7.83. The standard InChI is InChI=1S/C25H28ClN2OPS/c1-27-24(21-14-8-4-9-15-21)25(22-16-10-5-11-17-22)28(2)30(27,31)29-23(18-19-26)20-12-6-3-7-13-20/h3-17,23-25H,18-19H2,1-2H3/t23-,24-,25-/m1/s1. The van der Waals surface area contributed by atoms with Crippen molar-refractivity contribution >= 4 is 30.0 Å². The Morgan fingerprint density at radius 3 is 1.65 bits per heavy atom. The van der Waals surface area contributed by atoms with Gasteiger partial charge >= 0.3 is 0 Å². The molecule has 0 spiro atoms. The van der Waals surface area contributed by atoms with Crippen molar-refractivity contribution in [3.8, 4) is 0 Å². The van der Waals surface area contributed by atoms with Crippen LogP contribution in [0.4, 0.5) is 0 Å². The molecule has 3 aromatic carbocycles. The van der Waals surface area contributed by atoms with Gasteiger partial charge in [-0.1, -0.05) is 91.0 Å². The van der Waals surface area contributed by atoms with E-state index in [-0.39, 0.29) is 18.2 Å². The first-order valence-corrected chi connectivity index (χ1v) is 13.7. The van der Waals surface area contributed by atoms with Gasteiger partial charge in [0.2, 0.25) is 6.57 Å². The van der Waals surface area contributed by atoms with Crippen LogP contribution in [0.3, 0.4) is 0 Å². The minimum Gasteiger partial charge on any atom is -0.318 e. The Morgan fingerprint density at radius 1 is 0.806 bits per heavy atom. The average Bonchev–Trinajstić information content (AvgIpc) is 3.01. The summed E-state index contributed by atoms with van der Waals surface area (Å²) in [6.45, 7) is -2.51. The van der Waals surface area contributed by atoms with E-state index >= 15 is 0 Å². The van der Waals surface area contributed by atoms with Crippen molar-refractivity contribution in [1.82, 2.24) is 9.34 Å². The molecule has 0 saturated carbocycles. The highest BCUT2D eigenvalue weighted by Crippen LogP contribution is 2.70. The molecule has 6 heteroatoms. The Balaban J connectivity index is 1.76. The molecule has 0 aliphatic carbocycles. The molecule has 3 nitrogen and oxygen atoms in total. The fourth-order valence-electron chi connectivity index (χ4n) is 4.40. The number of rotatable bonds is 7. The third kappa shape index (κ3) is 4.52. The van der Waals surface area contributed by atoms with Crippen molar-refractivity contribution < 1.29 is 4.52 Å². The minimum atomic E-state index is -2.51. The summed E-state index contributed by atoms with van der Waals surface area (Å²) in [5, 5.41) is 0. The van der Waals surface area contributed by atoms with Crippen LogP contribution in [0.2, 0.25) is 0 Å². The van der Waals surface area contributed by atoms with Crippen LogP contribution < -0.4 is 0 Å². The largest absolute Gasteiger partial charge is 0.318 e. The molecule has 162 valence electrons. The van der Waals surface area contributed by atoms with Gasteiger partial charge in [-0.15, -0.1) is 11.6 Å². The van der Waals surface area contributed by atoms with Crippen LogP contribution in [-0.4, -0.2) is 29.3 Å². The topological polar surface area (TPSA) is 15.7 Å². The van der Waals surface area contributed by atoms with E-state index in [0.717, 1.165) is 12.0 Å². The Kier molecular flexibility index (Phi) is 7.28. The maximum Gasteiger partial charge on any atom is 0.204 e. The Hall–Kier alpha value is -1.52. The lowest BCUT2D eigenvalue weighted by Gasteiger charge is -2.34. The Bertz CT molecular complexity index is 966. The summed E-state index contributed by atoms with van der Waals surface area (Å²) in [4.78, 5) is 0. The molecule has 3 aromatic rings. The van der Waals surface area contributed by atoms with Gasteiger partial charge in [-0.05, 0) is 49.0 Å². The maximum atomic E-state index is 6.85. The predicted octanol–water partition coefficient (Wildman–Crippen LogP) is 6.96. The molecule has 0 N–H and O–H groups in total. The van der Waals surface area contributed by atoms with Crippen LogP contribution >= 0.6 is 18.2 Å². The van der Waals surface area contributed by atoms with Gasteiger partial charge in [0.1, 0.15) is 0 Å². The second kappa shape index (κ2) is 9.95. The summed E-state index contributed by atoms with van der Waals surface area (Å²) in [5.74, 6) is 0.520. The SMILES string of the molecule is CN1[C@H](c2ccccc2)[C@@H](c2ccccc2)N(C)P1(=S)O[C@H](CCCl)c1ccccc1. The first-order chi connectivity index (χ1) is 15.1. The molecule has 0 bridgehead atoms. The quantitative estimate of drug-likeness (QED) is 0.274. The molecule has 0 amide bonds. The lowest BCUT2D eigenvalue weighted by atomic mass is 9.93. The smallest absolute Gasteiger partial charge is 0.204 e. The van der Waals surface area contributed by atoms with Crippen molar-refractivity contribution in [1.29, 1.82) is 0 Å². The highest BCUT2D eigenvalue weighted by atomic mass is 35.5. The van der Waals surface area contributed by atoms with Crippen LogP contribution in [-0.2, 0) is 16.3 Å². The molecule has 1 heterocycles. The van der Waals surface area contributed by atoms with Crippen molar-refractivity contribution in [2.24, 2.45) is 0 Å². The van der Waals surface area contributed by atoms with Crippen LogP contribution in [0.25, 0.3) is 0 Å². The predicted molar refractivity (Wildman–Crippen MR) is 134 cm³/mol. The van der Waals surface area contributed by atoms with Crippen molar-refractivity contribution in [2.45, 2.75) is 24.6 Å². The molecule has 31 heavy (non-hydrogen) atoms. The molecule has 3 atom stereocenters. The normalized spacial score (nSPS) is 22.4. The average molecular weight is 471 g/mol. The van der Waals surface area contributed by atoms with Crippen LogP contribution in [0, 0.1) is 0 Å². The second-order valence-corrected chi connectivity index (χ2v) is 12.1. The molecule has 1 aliphatic heterocycles. The molecule has 0 unspecified atom stereocenters. The summed E-state index contributed by atoms with van der Waals surface area (Å²) in [5.41, 5.74) is 3.61. The lowest BCUT2D eigenvalue weighted by molar-refractivity contribution is 0.198. The number of hydrogen-bond acceptors (Lipinski definition) is 2. The van der Waals surface area contributed by atoms with Gasteiger partial charge in [0.15, 0.2) is 0 Å². The van der Waals surface area contributed by atoms with Gasteiger partial charge in [0, 0.05) is 5.88 Å². The van der Waals surface area contributed by atoms with E-state index in [2.05, 4.69) is 96.2 Å². The summed E-state index contributed by atoms with van der Waals surface area (Å²) < 4.78 is 11.4. The zero-order valence-corrected chi connectivity index (χ0v) is 20.3. The highest BCUT2D eigenvalue weighted by Gasteiger charge is 2.51. The summed E-state index contributed by atoms with van der Waals surface area (Å²) in [7, 11) is 4.22. The molecule has 1 aliphatic rings. The van der Waals surface area contributed by atoms with Gasteiger partial charge in [0.25, 0.3) is 0 Å². The maximum absolute atomic E-state index is 6.85. The molecular weight excluding hydrogens is 443 g/mol. The van der Waals surface area contributed by atoms with Crippen molar-refractivity contribution in [3.05, 3.63) is 108 Å². The summed E-state index contributed by atoms with van der Waals surface area (Å²) in [6, 6.07) is 31.7. The van der Waals surface area contributed by atoms with Crippen molar-refractivity contribution in [2.75, 3.05) is 20.0 Å². The number of benzene rings is 3. The van der Waals surface area contributed by atoms with Gasteiger partial charge in [-0.2, -0.15) is 0 Å². The number of nitrogens with zero attached hydrogens (tertiary/aromatic N) is 2. The molecule has 1 saturated heterocycles. The van der Waals surface area contributed by atoms with Gasteiger partial charge < -0.3 is 4.52 Å². The molecule has 4 rings (SSSR count). The van der Waals surface area contributed by atoms with E-state index in [1.54, 1.807) is 0 Å². The fraction of sp³-hybridized carbons (Fsp3) is 0.280. The lowest BCUT2D eigenvalue weighted by Crippen LogP contribution is -2.20. The number of hydrogen-bond donors (Lipinski definition) is 0. The van der Waals surface area contributed by atoms with E-state index in [0.29, 0.717) is 5.88 Å². The van der Waals surface area contributed by atoms with Gasteiger partial charge in [-0.25, -0.2) is 9.34 Å². The zero-order chi connectivity index (χ0) is 21.8.